The van der Waals surface area contributed by atoms with Gasteiger partial charge in [0, 0.05) is 11.6 Å². The van der Waals surface area contributed by atoms with Crippen LogP contribution in [0.5, 0.6) is 0 Å². The van der Waals surface area contributed by atoms with Gasteiger partial charge in [0.05, 0.1) is 11.3 Å². The lowest BCUT2D eigenvalue weighted by Gasteiger charge is -2.19. The SMILES string of the molecule is O=C1C(=O)N(CCCN2CCCC2)c2ccc(Cl)cc21. The van der Waals surface area contributed by atoms with Gasteiger partial charge in [-0.05, 0) is 57.1 Å². The van der Waals surface area contributed by atoms with Crippen molar-refractivity contribution in [2.45, 2.75) is 19.3 Å². The molecule has 0 aliphatic carbocycles. The summed E-state index contributed by atoms with van der Waals surface area (Å²) in [6.07, 6.45) is 3.42. The maximum Gasteiger partial charge on any atom is 0.299 e. The average molecular weight is 293 g/mol. The summed E-state index contributed by atoms with van der Waals surface area (Å²) in [6.45, 7) is 3.88. The molecule has 1 amide bonds. The van der Waals surface area contributed by atoms with E-state index in [9.17, 15) is 9.59 Å². The number of likely N-dealkylation sites (tertiary alicyclic amines) is 1. The highest BCUT2D eigenvalue weighted by Gasteiger charge is 2.35. The second-order valence-electron chi connectivity index (χ2n) is 5.35. The van der Waals surface area contributed by atoms with Crippen molar-refractivity contribution >= 4 is 29.0 Å². The van der Waals surface area contributed by atoms with Crippen LogP contribution in [0.15, 0.2) is 18.2 Å². The third-order valence-electron chi connectivity index (χ3n) is 3.99. The molecule has 2 aliphatic heterocycles. The Balaban J connectivity index is 1.67. The maximum absolute atomic E-state index is 12.0. The van der Waals surface area contributed by atoms with Crippen molar-refractivity contribution in [3.63, 3.8) is 0 Å². The number of ketones is 1. The van der Waals surface area contributed by atoms with Crippen LogP contribution in [0.4, 0.5) is 5.69 Å². The summed E-state index contributed by atoms with van der Waals surface area (Å²) in [4.78, 5) is 27.9. The van der Waals surface area contributed by atoms with Crippen molar-refractivity contribution in [3.8, 4) is 0 Å². The summed E-state index contributed by atoms with van der Waals surface area (Å²) in [5.74, 6) is -0.868. The van der Waals surface area contributed by atoms with E-state index in [4.69, 9.17) is 11.6 Å². The van der Waals surface area contributed by atoms with Crippen LogP contribution in [0.1, 0.15) is 29.6 Å². The zero-order valence-corrected chi connectivity index (χ0v) is 12.0. The lowest BCUT2D eigenvalue weighted by atomic mass is 10.1. The van der Waals surface area contributed by atoms with Gasteiger partial charge in [-0.2, -0.15) is 0 Å². The van der Waals surface area contributed by atoms with E-state index in [1.54, 1.807) is 23.1 Å². The van der Waals surface area contributed by atoms with Crippen molar-refractivity contribution in [2.75, 3.05) is 31.1 Å². The minimum Gasteiger partial charge on any atom is -0.305 e. The molecule has 1 aromatic rings. The van der Waals surface area contributed by atoms with Crippen molar-refractivity contribution in [1.82, 2.24) is 4.90 Å². The second kappa shape index (κ2) is 5.54. The normalized spacial score (nSPS) is 18.9. The number of nitrogens with zero attached hydrogens (tertiary/aromatic N) is 2. The lowest BCUT2D eigenvalue weighted by Crippen LogP contribution is -2.33. The zero-order valence-electron chi connectivity index (χ0n) is 11.3. The topological polar surface area (TPSA) is 40.6 Å². The minimum absolute atomic E-state index is 0.427. The third-order valence-corrected chi connectivity index (χ3v) is 4.22. The van der Waals surface area contributed by atoms with Crippen molar-refractivity contribution < 1.29 is 9.59 Å². The fraction of sp³-hybridized carbons (Fsp3) is 0.467. The minimum atomic E-state index is -0.441. The highest BCUT2D eigenvalue weighted by molar-refractivity contribution is 6.52. The summed E-state index contributed by atoms with van der Waals surface area (Å²) in [6, 6.07) is 5.06. The summed E-state index contributed by atoms with van der Waals surface area (Å²) >= 11 is 5.89. The Bertz CT molecular complexity index is 553. The molecule has 1 fully saturated rings. The highest BCUT2D eigenvalue weighted by atomic mass is 35.5. The van der Waals surface area contributed by atoms with Gasteiger partial charge in [-0.1, -0.05) is 11.6 Å². The van der Waals surface area contributed by atoms with Gasteiger partial charge in [-0.3, -0.25) is 9.59 Å². The monoisotopic (exact) mass is 292 g/mol. The van der Waals surface area contributed by atoms with Crippen molar-refractivity contribution in [2.24, 2.45) is 0 Å². The van der Waals surface area contributed by atoms with E-state index in [0.29, 0.717) is 22.8 Å². The predicted octanol–water partition coefficient (Wildman–Crippen LogP) is 2.36. The van der Waals surface area contributed by atoms with Crippen molar-refractivity contribution in [3.05, 3.63) is 28.8 Å². The van der Waals surface area contributed by atoms with Gasteiger partial charge in [-0.25, -0.2) is 0 Å². The van der Waals surface area contributed by atoms with E-state index in [1.165, 1.54) is 12.8 Å². The molecule has 20 heavy (non-hydrogen) atoms. The lowest BCUT2D eigenvalue weighted by molar-refractivity contribution is -0.114. The van der Waals surface area contributed by atoms with Crippen LogP contribution < -0.4 is 4.90 Å². The summed E-state index contributed by atoms with van der Waals surface area (Å²) in [5.41, 5.74) is 1.13. The Hall–Kier alpha value is -1.39. The molecule has 0 N–H and O–H groups in total. The average Bonchev–Trinajstić information content (AvgIpc) is 3.02. The largest absolute Gasteiger partial charge is 0.305 e. The maximum atomic E-state index is 12.0. The first kappa shape index (κ1) is 13.6. The Morgan fingerprint density at radius 3 is 2.60 bits per heavy atom. The van der Waals surface area contributed by atoms with E-state index in [-0.39, 0.29) is 0 Å². The fourth-order valence-corrected chi connectivity index (χ4v) is 3.13. The molecule has 1 aromatic carbocycles. The number of halogens is 1. The second-order valence-corrected chi connectivity index (χ2v) is 5.79. The van der Waals surface area contributed by atoms with E-state index >= 15 is 0 Å². The fourth-order valence-electron chi connectivity index (χ4n) is 2.95. The first-order chi connectivity index (χ1) is 9.66. The van der Waals surface area contributed by atoms with Crippen molar-refractivity contribution in [1.29, 1.82) is 0 Å². The Morgan fingerprint density at radius 2 is 1.85 bits per heavy atom. The molecule has 0 radical (unpaired) electrons. The molecular formula is C15H17ClN2O2. The third kappa shape index (κ3) is 2.45. The molecule has 0 aromatic heterocycles. The highest BCUT2D eigenvalue weighted by Crippen LogP contribution is 2.31. The van der Waals surface area contributed by atoms with E-state index in [1.807, 2.05) is 0 Å². The van der Waals surface area contributed by atoms with E-state index in [0.717, 1.165) is 26.1 Å². The summed E-state index contributed by atoms with van der Waals surface area (Å²) in [7, 11) is 0. The molecule has 0 saturated carbocycles. The van der Waals surface area contributed by atoms with Crippen LogP contribution in [0.3, 0.4) is 0 Å². The van der Waals surface area contributed by atoms with Gasteiger partial charge in [0.2, 0.25) is 0 Å². The molecule has 2 heterocycles. The molecule has 4 nitrogen and oxygen atoms in total. The molecule has 5 heteroatoms. The zero-order chi connectivity index (χ0) is 14.1. The molecule has 1 saturated heterocycles. The molecule has 0 unspecified atom stereocenters. The summed E-state index contributed by atoms with van der Waals surface area (Å²) < 4.78 is 0. The molecule has 3 rings (SSSR count). The standard InChI is InChI=1S/C15H17ClN2O2/c16-11-4-5-13-12(10-11)14(19)15(20)18(13)9-3-8-17-6-1-2-7-17/h4-5,10H,1-3,6-9H2. The van der Waals surface area contributed by atoms with Crippen LogP contribution >= 0.6 is 11.6 Å². The van der Waals surface area contributed by atoms with Crippen LogP contribution in [0.25, 0.3) is 0 Å². The Labute approximate surface area is 123 Å². The quantitative estimate of drug-likeness (QED) is 0.800. The van der Waals surface area contributed by atoms with Crippen LogP contribution in [-0.4, -0.2) is 42.8 Å². The Kier molecular flexibility index (Phi) is 3.76. The van der Waals surface area contributed by atoms with Gasteiger partial charge in [0.15, 0.2) is 0 Å². The van der Waals surface area contributed by atoms with Crippen LogP contribution in [0, 0.1) is 0 Å². The molecule has 106 valence electrons. The van der Waals surface area contributed by atoms with Crippen LogP contribution in [-0.2, 0) is 4.79 Å². The molecule has 0 bridgehead atoms. The number of hydrogen-bond donors (Lipinski definition) is 0. The number of anilines is 1. The number of carbonyl (C=O) groups excluding carboxylic acids is 2. The van der Waals surface area contributed by atoms with E-state index in [2.05, 4.69) is 4.90 Å². The first-order valence-electron chi connectivity index (χ1n) is 7.05. The molecule has 0 atom stereocenters. The van der Waals surface area contributed by atoms with E-state index < -0.39 is 11.7 Å². The number of fused-ring (bicyclic) bond motifs is 1. The number of benzene rings is 1. The predicted molar refractivity (Wildman–Crippen MR) is 78.4 cm³/mol. The van der Waals surface area contributed by atoms with Gasteiger partial charge in [0.1, 0.15) is 0 Å². The number of rotatable bonds is 4. The number of amides is 1. The Morgan fingerprint density at radius 1 is 1.10 bits per heavy atom. The number of carbonyl (C=O) groups is 2. The van der Waals surface area contributed by atoms with Gasteiger partial charge in [-0.15, -0.1) is 0 Å². The smallest absolute Gasteiger partial charge is 0.299 e. The molecular weight excluding hydrogens is 276 g/mol. The summed E-state index contributed by atoms with van der Waals surface area (Å²) in [5, 5.41) is 0.490. The van der Waals surface area contributed by atoms with Gasteiger partial charge in [0.25, 0.3) is 11.7 Å². The number of Topliss-reactive ketones (excluding diaryl/α,β-unsaturated/α-hetero) is 1. The molecule has 2 aliphatic rings. The molecule has 0 spiro atoms. The number of hydrogen-bond acceptors (Lipinski definition) is 3. The first-order valence-corrected chi connectivity index (χ1v) is 7.43. The van der Waals surface area contributed by atoms with Crippen LogP contribution in [0.2, 0.25) is 5.02 Å². The van der Waals surface area contributed by atoms with Gasteiger partial charge < -0.3 is 9.80 Å². The van der Waals surface area contributed by atoms with Gasteiger partial charge >= 0.3 is 0 Å².